The monoisotopic (exact) mass is 508 g/mol. The number of nitrogens with zero attached hydrogens (tertiary/aromatic N) is 5. The van der Waals surface area contributed by atoms with Crippen molar-refractivity contribution in [3.8, 4) is 22.3 Å². The van der Waals surface area contributed by atoms with E-state index in [1.54, 1.807) is 6.20 Å². The van der Waals surface area contributed by atoms with E-state index in [2.05, 4.69) is 128 Å². The molecule has 5 aromatic heterocycles. The van der Waals surface area contributed by atoms with Crippen molar-refractivity contribution in [2.75, 3.05) is 0 Å². The molecule has 188 valence electrons. The minimum Gasteiger partial charge on any atom is -0.265 e. The summed E-state index contributed by atoms with van der Waals surface area (Å²) in [5.41, 5.74) is 8.56. The molecule has 0 saturated heterocycles. The van der Waals surface area contributed by atoms with E-state index in [0.717, 1.165) is 19.6 Å². The molecule has 0 unspecified atom stereocenters. The third-order valence-electron chi connectivity index (χ3n) is 6.86. The van der Waals surface area contributed by atoms with Crippen LogP contribution < -0.4 is 13.7 Å². The Morgan fingerprint density at radius 3 is 1.21 bits per heavy atom. The van der Waals surface area contributed by atoms with Crippen LogP contribution in [0.2, 0.25) is 0 Å². The summed E-state index contributed by atoms with van der Waals surface area (Å²) in [5, 5.41) is 0. The first kappa shape index (κ1) is 24.3. The zero-order valence-corrected chi connectivity index (χ0v) is 21.7. The van der Waals surface area contributed by atoms with E-state index in [4.69, 9.17) is 0 Å². The van der Waals surface area contributed by atoms with Crippen molar-refractivity contribution in [1.29, 1.82) is 0 Å². The Morgan fingerprint density at radius 1 is 0.385 bits per heavy atom. The number of hydrogen-bond acceptors (Lipinski definition) is 2. The Bertz CT molecular complexity index is 1610. The number of pyridine rings is 5. The van der Waals surface area contributed by atoms with E-state index < -0.39 is 0 Å². The van der Waals surface area contributed by atoms with Gasteiger partial charge in [-0.05, 0) is 46.5 Å². The average molecular weight is 509 g/mol. The van der Waals surface area contributed by atoms with Gasteiger partial charge in [0, 0.05) is 77.9 Å². The van der Waals surface area contributed by atoms with Crippen LogP contribution >= 0.6 is 0 Å². The van der Waals surface area contributed by atoms with Gasteiger partial charge < -0.3 is 0 Å². The van der Waals surface area contributed by atoms with Gasteiger partial charge in [0.1, 0.15) is 0 Å². The second-order valence-electron chi connectivity index (χ2n) is 9.69. The first-order valence-electron chi connectivity index (χ1n) is 13.1. The molecule has 0 fully saturated rings. The maximum Gasteiger partial charge on any atom is 0.175 e. The molecule has 0 bridgehead atoms. The quantitative estimate of drug-likeness (QED) is 0.277. The topological polar surface area (TPSA) is 37.4 Å². The van der Waals surface area contributed by atoms with Gasteiger partial charge in [-0.25, -0.2) is 13.7 Å². The molecule has 0 aliphatic rings. The van der Waals surface area contributed by atoms with Crippen molar-refractivity contribution in [1.82, 2.24) is 9.97 Å². The van der Waals surface area contributed by atoms with Crippen molar-refractivity contribution >= 4 is 0 Å². The highest BCUT2D eigenvalue weighted by molar-refractivity contribution is 5.61. The lowest BCUT2D eigenvalue weighted by Crippen LogP contribution is -2.34. The first-order valence-corrected chi connectivity index (χ1v) is 13.1. The number of hydrogen-bond donors (Lipinski definition) is 0. The van der Waals surface area contributed by atoms with E-state index in [1.807, 2.05) is 36.8 Å². The summed E-state index contributed by atoms with van der Waals surface area (Å²) in [6.07, 6.45) is 20.2. The fourth-order valence-electron chi connectivity index (χ4n) is 4.68. The second kappa shape index (κ2) is 11.6. The molecule has 5 heteroatoms. The second-order valence-corrected chi connectivity index (χ2v) is 9.69. The molecule has 0 atom stereocenters. The van der Waals surface area contributed by atoms with Crippen LogP contribution in [0.25, 0.3) is 22.3 Å². The first-order chi connectivity index (χ1) is 19.3. The van der Waals surface area contributed by atoms with Gasteiger partial charge in [0.15, 0.2) is 56.8 Å². The van der Waals surface area contributed by atoms with Crippen molar-refractivity contribution in [2.45, 2.75) is 19.6 Å². The molecule has 5 heterocycles. The lowest BCUT2D eigenvalue weighted by atomic mass is 10.1. The molecule has 5 nitrogen and oxygen atoms in total. The molecule has 0 aliphatic carbocycles. The van der Waals surface area contributed by atoms with Gasteiger partial charge in [0.05, 0.1) is 0 Å². The standard InChI is InChI=1S/C34H30N5/c1-2-30(24-36-15-1)27-39-22-13-34(14-23-39)33-11-20-38(21-12-33)26-29-5-3-28(4-6-29)25-37-18-9-32(10-19-37)31-7-16-35-17-8-31/h1-24H,25-27H2/q+3. The van der Waals surface area contributed by atoms with Gasteiger partial charge in [-0.3, -0.25) is 9.97 Å². The highest BCUT2D eigenvalue weighted by atomic mass is 14.9. The van der Waals surface area contributed by atoms with E-state index >= 15 is 0 Å². The molecule has 39 heavy (non-hydrogen) atoms. The van der Waals surface area contributed by atoms with E-state index in [9.17, 15) is 0 Å². The van der Waals surface area contributed by atoms with Gasteiger partial charge in [-0.15, -0.1) is 0 Å². The molecule has 6 aromatic rings. The fourth-order valence-corrected chi connectivity index (χ4v) is 4.68. The summed E-state index contributed by atoms with van der Waals surface area (Å²) in [7, 11) is 0. The van der Waals surface area contributed by atoms with Crippen LogP contribution in [0.5, 0.6) is 0 Å². The van der Waals surface area contributed by atoms with Gasteiger partial charge in [0.25, 0.3) is 0 Å². The van der Waals surface area contributed by atoms with Crippen molar-refractivity contribution < 1.29 is 13.7 Å². The highest BCUT2D eigenvalue weighted by Gasteiger charge is 2.09. The summed E-state index contributed by atoms with van der Waals surface area (Å²) in [4.78, 5) is 8.30. The Kier molecular flexibility index (Phi) is 7.21. The molecular formula is C34H30N5+3. The van der Waals surface area contributed by atoms with Crippen molar-refractivity contribution in [3.63, 3.8) is 0 Å². The van der Waals surface area contributed by atoms with Crippen molar-refractivity contribution in [2.24, 2.45) is 0 Å². The van der Waals surface area contributed by atoms with Gasteiger partial charge in [-0.2, -0.15) is 0 Å². The summed E-state index contributed by atoms with van der Waals surface area (Å²) in [5.74, 6) is 0. The predicted octanol–water partition coefficient (Wildman–Crippen LogP) is 4.82. The number of benzene rings is 1. The summed E-state index contributed by atoms with van der Waals surface area (Å²) in [6.45, 7) is 2.51. The van der Waals surface area contributed by atoms with Crippen LogP contribution in [0.4, 0.5) is 0 Å². The molecule has 0 radical (unpaired) electrons. The molecular weight excluding hydrogens is 478 g/mol. The highest BCUT2D eigenvalue weighted by Crippen LogP contribution is 2.17. The minimum absolute atomic E-state index is 0.818. The Balaban J connectivity index is 1.05. The van der Waals surface area contributed by atoms with Crippen LogP contribution in [0.3, 0.4) is 0 Å². The van der Waals surface area contributed by atoms with Crippen LogP contribution in [-0.4, -0.2) is 9.97 Å². The molecule has 0 saturated carbocycles. The normalized spacial score (nSPS) is 10.9. The van der Waals surface area contributed by atoms with Crippen LogP contribution in [0.1, 0.15) is 16.7 Å². The van der Waals surface area contributed by atoms with E-state index in [0.29, 0.717) is 0 Å². The predicted molar refractivity (Wildman–Crippen MR) is 150 cm³/mol. The fraction of sp³-hybridized carbons (Fsp3) is 0.0882. The molecule has 1 aromatic carbocycles. The van der Waals surface area contributed by atoms with Crippen LogP contribution in [-0.2, 0) is 19.6 Å². The van der Waals surface area contributed by atoms with Crippen LogP contribution in [0.15, 0.2) is 147 Å². The summed E-state index contributed by atoms with van der Waals surface area (Å²) in [6, 6.07) is 30.0. The SMILES string of the molecule is c1cncc(C[n+]2ccc(-c3cc[n+](Cc4ccc(C[n+]5ccc(-c6ccncc6)cc5)cc4)cc3)cc2)c1. The van der Waals surface area contributed by atoms with Crippen molar-refractivity contribution in [3.05, 3.63) is 164 Å². The summed E-state index contributed by atoms with van der Waals surface area (Å²) < 4.78 is 6.59. The smallest absolute Gasteiger partial charge is 0.175 e. The lowest BCUT2D eigenvalue weighted by molar-refractivity contribution is -0.688. The van der Waals surface area contributed by atoms with Gasteiger partial charge in [-0.1, -0.05) is 24.3 Å². The largest absolute Gasteiger partial charge is 0.265 e. The molecule has 0 amide bonds. The third kappa shape index (κ3) is 6.28. The lowest BCUT2D eigenvalue weighted by Gasteiger charge is -2.04. The maximum absolute atomic E-state index is 4.20. The number of aromatic nitrogens is 5. The molecule has 0 aliphatic heterocycles. The van der Waals surface area contributed by atoms with Gasteiger partial charge >= 0.3 is 0 Å². The number of rotatable bonds is 8. The summed E-state index contributed by atoms with van der Waals surface area (Å²) >= 11 is 0. The zero-order chi connectivity index (χ0) is 26.3. The average Bonchev–Trinajstić information content (AvgIpc) is 3.00. The third-order valence-corrected chi connectivity index (χ3v) is 6.86. The van der Waals surface area contributed by atoms with E-state index in [-0.39, 0.29) is 0 Å². The van der Waals surface area contributed by atoms with Crippen LogP contribution in [0, 0.1) is 0 Å². The molecule has 6 rings (SSSR count). The van der Waals surface area contributed by atoms with E-state index in [1.165, 1.54) is 38.9 Å². The minimum atomic E-state index is 0.818. The zero-order valence-electron chi connectivity index (χ0n) is 21.7. The Hall–Kier alpha value is -5.03. The Labute approximate surface area is 229 Å². The Morgan fingerprint density at radius 2 is 0.795 bits per heavy atom. The molecule has 0 spiro atoms. The van der Waals surface area contributed by atoms with Gasteiger partial charge in [0.2, 0.25) is 0 Å². The maximum atomic E-state index is 4.20. The molecule has 0 N–H and O–H groups in total.